The number of methoxy groups -OCH3 is 1. The van der Waals surface area contributed by atoms with Crippen molar-refractivity contribution in [3.05, 3.63) is 57.6 Å². The quantitative estimate of drug-likeness (QED) is 0.551. The van der Waals surface area contributed by atoms with E-state index in [1.165, 1.54) is 0 Å². The van der Waals surface area contributed by atoms with E-state index in [0.717, 1.165) is 15.9 Å². The Bertz CT molecular complexity index is 945. The van der Waals surface area contributed by atoms with Crippen molar-refractivity contribution < 1.29 is 18.8 Å². The van der Waals surface area contributed by atoms with Gasteiger partial charge in [0.2, 0.25) is 0 Å². The van der Waals surface area contributed by atoms with Crippen LogP contribution in [0.2, 0.25) is 0 Å². The molecule has 3 aromatic rings. The molecule has 0 saturated heterocycles. The Morgan fingerprint density at radius 1 is 1.29 bits per heavy atom. The molecule has 3 rings (SSSR count). The molecule has 0 aliphatic rings. The third-order valence-corrected chi connectivity index (χ3v) is 5.04. The summed E-state index contributed by atoms with van der Waals surface area (Å²) >= 11 is 3.45. The van der Waals surface area contributed by atoms with Gasteiger partial charge in [-0.15, -0.1) is 0 Å². The third-order valence-electron chi connectivity index (χ3n) is 4.37. The van der Waals surface area contributed by atoms with Gasteiger partial charge in [0.05, 0.1) is 35.6 Å². The largest absolute Gasteiger partial charge is 0.497 e. The van der Waals surface area contributed by atoms with Crippen LogP contribution in [0.4, 0.5) is 0 Å². The molecule has 0 bridgehead atoms. The van der Waals surface area contributed by atoms with E-state index in [4.69, 9.17) is 14.0 Å². The summed E-state index contributed by atoms with van der Waals surface area (Å²) in [6.07, 6.45) is 1.70. The number of amides is 1. The molecule has 0 fully saturated rings. The van der Waals surface area contributed by atoms with Gasteiger partial charge in [-0.3, -0.25) is 9.48 Å². The van der Waals surface area contributed by atoms with Gasteiger partial charge in [0.1, 0.15) is 23.9 Å². The van der Waals surface area contributed by atoms with Gasteiger partial charge in [-0.05, 0) is 47.1 Å². The standard InChI is InChI=1S/C19H21BrN4O4/c1-12-15(11-27-14-7-5-13(26-4)6-8-14)18(22-28-12)19(25)23(2)10-17-16(20)9-21-24(17)3/h5-9H,10-11H2,1-4H3. The fourth-order valence-electron chi connectivity index (χ4n) is 2.65. The van der Waals surface area contributed by atoms with E-state index in [2.05, 4.69) is 26.2 Å². The van der Waals surface area contributed by atoms with Crippen LogP contribution >= 0.6 is 15.9 Å². The van der Waals surface area contributed by atoms with E-state index in [0.29, 0.717) is 23.6 Å². The number of hydrogen-bond donors (Lipinski definition) is 0. The number of carbonyl (C=O) groups is 1. The number of aryl methyl sites for hydroxylation is 2. The second-order valence-electron chi connectivity index (χ2n) is 6.25. The maximum atomic E-state index is 12.9. The molecule has 1 amide bonds. The molecule has 2 heterocycles. The molecular weight excluding hydrogens is 428 g/mol. The van der Waals surface area contributed by atoms with Crippen molar-refractivity contribution in [1.82, 2.24) is 19.8 Å². The lowest BCUT2D eigenvalue weighted by Crippen LogP contribution is -2.28. The smallest absolute Gasteiger partial charge is 0.276 e. The summed E-state index contributed by atoms with van der Waals surface area (Å²) in [6, 6.07) is 7.22. The number of ether oxygens (including phenoxy) is 2. The Morgan fingerprint density at radius 2 is 1.96 bits per heavy atom. The molecule has 0 saturated carbocycles. The average Bonchev–Trinajstić information content (AvgIpc) is 3.22. The topological polar surface area (TPSA) is 82.6 Å². The predicted molar refractivity (Wildman–Crippen MR) is 105 cm³/mol. The molecule has 0 aliphatic carbocycles. The molecular formula is C19H21BrN4O4. The lowest BCUT2D eigenvalue weighted by atomic mass is 10.2. The molecule has 8 nitrogen and oxygen atoms in total. The number of aromatic nitrogens is 3. The van der Waals surface area contributed by atoms with Gasteiger partial charge < -0.3 is 18.9 Å². The van der Waals surface area contributed by atoms with Crippen molar-refractivity contribution in [3.63, 3.8) is 0 Å². The number of carbonyl (C=O) groups excluding carboxylic acids is 1. The molecule has 0 spiro atoms. The van der Waals surface area contributed by atoms with Gasteiger partial charge in [-0.1, -0.05) is 5.16 Å². The third kappa shape index (κ3) is 4.19. The Hall–Kier alpha value is -2.81. The molecule has 0 N–H and O–H groups in total. The van der Waals surface area contributed by atoms with Crippen LogP contribution in [0.3, 0.4) is 0 Å². The Morgan fingerprint density at radius 3 is 2.57 bits per heavy atom. The summed E-state index contributed by atoms with van der Waals surface area (Å²) in [6.45, 7) is 2.31. The van der Waals surface area contributed by atoms with E-state index in [-0.39, 0.29) is 18.2 Å². The fourth-order valence-corrected chi connectivity index (χ4v) is 3.12. The van der Waals surface area contributed by atoms with Gasteiger partial charge in [-0.25, -0.2) is 0 Å². The molecule has 0 atom stereocenters. The van der Waals surface area contributed by atoms with Gasteiger partial charge in [0.25, 0.3) is 5.91 Å². The molecule has 0 aliphatic heterocycles. The van der Waals surface area contributed by atoms with E-state index < -0.39 is 0 Å². The zero-order chi connectivity index (χ0) is 20.3. The van der Waals surface area contributed by atoms with E-state index >= 15 is 0 Å². The highest BCUT2D eigenvalue weighted by molar-refractivity contribution is 9.10. The minimum absolute atomic E-state index is 0.173. The van der Waals surface area contributed by atoms with E-state index in [1.54, 1.807) is 61.1 Å². The minimum Gasteiger partial charge on any atom is -0.497 e. The summed E-state index contributed by atoms with van der Waals surface area (Å²) in [5.41, 5.74) is 1.75. The summed E-state index contributed by atoms with van der Waals surface area (Å²) < 4.78 is 18.7. The average molecular weight is 449 g/mol. The van der Waals surface area contributed by atoms with Crippen LogP contribution in [-0.2, 0) is 20.2 Å². The van der Waals surface area contributed by atoms with E-state index in [1.807, 2.05) is 7.05 Å². The molecule has 0 radical (unpaired) electrons. The first-order valence-corrected chi connectivity index (χ1v) is 9.33. The van der Waals surface area contributed by atoms with Crippen molar-refractivity contribution in [2.75, 3.05) is 14.2 Å². The fraction of sp³-hybridized carbons (Fsp3) is 0.316. The van der Waals surface area contributed by atoms with Crippen molar-refractivity contribution in [1.29, 1.82) is 0 Å². The zero-order valence-electron chi connectivity index (χ0n) is 16.1. The van der Waals surface area contributed by atoms with Crippen LogP contribution < -0.4 is 9.47 Å². The first-order chi connectivity index (χ1) is 13.4. The first-order valence-electron chi connectivity index (χ1n) is 8.54. The van der Waals surface area contributed by atoms with Gasteiger partial charge in [0, 0.05) is 14.1 Å². The number of nitrogens with zero attached hydrogens (tertiary/aromatic N) is 4. The summed E-state index contributed by atoms with van der Waals surface area (Å²) in [4.78, 5) is 14.5. The highest BCUT2D eigenvalue weighted by Crippen LogP contribution is 2.22. The summed E-state index contributed by atoms with van der Waals surface area (Å²) in [5, 5.41) is 8.12. The number of hydrogen-bond acceptors (Lipinski definition) is 6. The van der Waals surface area contributed by atoms with Crippen LogP contribution in [0.5, 0.6) is 11.5 Å². The van der Waals surface area contributed by atoms with Crippen molar-refractivity contribution in [3.8, 4) is 11.5 Å². The lowest BCUT2D eigenvalue weighted by molar-refractivity contribution is 0.0769. The summed E-state index contributed by atoms with van der Waals surface area (Å²) in [5.74, 6) is 1.70. The van der Waals surface area contributed by atoms with Crippen LogP contribution in [0.1, 0.15) is 27.5 Å². The van der Waals surface area contributed by atoms with Crippen LogP contribution in [0, 0.1) is 6.92 Å². The molecule has 9 heteroatoms. The van der Waals surface area contributed by atoms with Crippen LogP contribution in [0.15, 0.2) is 39.5 Å². The normalized spacial score (nSPS) is 10.8. The molecule has 2 aromatic heterocycles. The highest BCUT2D eigenvalue weighted by atomic mass is 79.9. The highest BCUT2D eigenvalue weighted by Gasteiger charge is 2.24. The van der Waals surface area contributed by atoms with Crippen LogP contribution in [-0.4, -0.2) is 39.9 Å². The molecule has 0 unspecified atom stereocenters. The monoisotopic (exact) mass is 448 g/mol. The Balaban J connectivity index is 1.72. The second kappa shape index (κ2) is 8.47. The summed E-state index contributed by atoms with van der Waals surface area (Å²) in [7, 11) is 5.14. The van der Waals surface area contributed by atoms with Crippen molar-refractivity contribution >= 4 is 21.8 Å². The van der Waals surface area contributed by atoms with Gasteiger partial charge in [0.15, 0.2) is 5.69 Å². The SMILES string of the molecule is COc1ccc(OCc2c(C(=O)N(C)Cc3c(Br)cnn3C)noc2C)cc1. The predicted octanol–water partition coefficient (Wildman–Crippen LogP) is 3.34. The number of halogens is 1. The maximum absolute atomic E-state index is 12.9. The first kappa shape index (κ1) is 19.9. The zero-order valence-corrected chi connectivity index (χ0v) is 17.7. The Kier molecular flexibility index (Phi) is 6.03. The number of benzene rings is 1. The lowest BCUT2D eigenvalue weighted by Gasteiger charge is -2.17. The van der Waals surface area contributed by atoms with E-state index in [9.17, 15) is 4.79 Å². The van der Waals surface area contributed by atoms with Crippen LogP contribution in [0.25, 0.3) is 0 Å². The molecule has 148 valence electrons. The van der Waals surface area contributed by atoms with Crippen molar-refractivity contribution in [2.45, 2.75) is 20.1 Å². The van der Waals surface area contributed by atoms with Gasteiger partial charge >= 0.3 is 0 Å². The molecule has 1 aromatic carbocycles. The van der Waals surface area contributed by atoms with Gasteiger partial charge in [-0.2, -0.15) is 5.10 Å². The van der Waals surface area contributed by atoms with Crippen molar-refractivity contribution in [2.24, 2.45) is 7.05 Å². The molecule has 28 heavy (non-hydrogen) atoms. The number of rotatable bonds is 7. The Labute approximate surface area is 171 Å². The minimum atomic E-state index is -0.252. The second-order valence-corrected chi connectivity index (χ2v) is 7.11. The maximum Gasteiger partial charge on any atom is 0.276 e.